The Morgan fingerprint density at radius 1 is 1.24 bits per heavy atom. The first-order chi connectivity index (χ1) is 8.13. The number of nitrogens with one attached hydrogen (secondary N) is 2. The molecule has 6 nitrogen and oxygen atoms in total. The topological polar surface area (TPSA) is 104 Å². The summed E-state index contributed by atoms with van der Waals surface area (Å²) in [5.74, 6) is -0.996. The monoisotopic (exact) mass is 237 g/mol. The van der Waals surface area contributed by atoms with E-state index in [2.05, 4.69) is 10.6 Å². The second kappa shape index (κ2) is 6.49. The van der Waals surface area contributed by atoms with E-state index in [0.29, 0.717) is 25.2 Å². The Morgan fingerprint density at radius 3 is 2.41 bits per heavy atom. The van der Waals surface area contributed by atoms with Crippen LogP contribution in [0.2, 0.25) is 0 Å². The molecule has 0 aliphatic carbocycles. The van der Waals surface area contributed by atoms with Gasteiger partial charge in [0.1, 0.15) is 0 Å². The smallest absolute Gasteiger partial charge is 0.335 e. The maximum Gasteiger partial charge on any atom is 0.335 e. The van der Waals surface area contributed by atoms with Gasteiger partial charge in [-0.25, -0.2) is 9.59 Å². The zero-order valence-electron chi connectivity index (χ0n) is 9.27. The van der Waals surface area contributed by atoms with Crippen LogP contribution in [0, 0.1) is 0 Å². The summed E-state index contributed by atoms with van der Waals surface area (Å²) in [6.45, 7) is 1.03. The summed E-state index contributed by atoms with van der Waals surface area (Å²) in [6.07, 6.45) is 0.714. The molecule has 1 aromatic rings. The van der Waals surface area contributed by atoms with Gasteiger partial charge in [0.2, 0.25) is 0 Å². The van der Waals surface area contributed by atoms with Crippen LogP contribution in [0.5, 0.6) is 0 Å². The van der Waals surface area contributed by atoms with E-state index < -0.39 is 5.97 Å². The van der Waals surface area contributed by atoms with E-state index in [1.165, 1.54) is 24.3 Å². The third-order valence-electron chi connectivity index (χ3n) is 2.06. The Labute approximate surface area is 98.8 Å². The molecule has 0 unspecified atom stereocenters. The quantitative estimate of drug-likeness (QED) is 0.570. The zero-order chi connectivity index (χ0) is 12.7. The minimum absolute atomic E-state index is 0.180. The predicted molar refractivity (Wildman–Crippen MR) is 64.1 cm³/mol. The number of carbonyl (C=O) groups excluding carboxylic acids is 1. The van der Waals surface area contributed by atoms with Crippen molar-refractivity contribution in [3.63, 3.8) is 0 Å². The van der Waals surface area contributed by atoms with Crippen LogP contribution >= 0.6 is 0 Å². The highest BCUT2D eigenvalue weighted by Gasteiger charge is 2.03. The minimum atomic E-state index is -0.996. The third-order valence-corrected chi connectivity index (χ3v) is 2.06. The molecule has 0 aromatic heterocycles. The van der Waals surface area contributed by atoms with Crippen LogP contribution in [0.25, 0.3) is 0 Å². The lowest BCUT2D eigenvalue weighted by Crippen LogP contribution is -2.30. The van der Waals surface area contributed by atoms with Crippen molar-refractivity contribution in [2.24, 2.45) is 5.73 Å². The highest BCUT2D eigenvalue weighted by molar-refractivity contribution is 5.91. The van der Waals surface area contributed by atoms with Gasteiger partial charge in [0, 0.05) is 12.2 Å². The number of hydrogen-bond donors (Lipinski definition) is 4. The van der Waals surface area contributed by atoms with E-state index in [1.54, 1.807) is 0 Å². The summed E-state index contributed by atoms with van der Waals surface area (Å²) < 4.78 is 0. The summed E-state index contributed by atoms with van der Waals surface area (Å²) in [5.41, 5.74) is 6.01. The molecule has 0 atom stereocenters. The minimum Gasteiger partial charge on any atom is -0.478 e. The number of aromatic carboxylic acids is 1. The number of hydrogen-bond acceptors (Lipinski definition) is 3. The Kier molecular flexibility index (Phi) is 4.96. The van der Waals surface area contributed by atoms with Gasteiger partial charge in [-0.05, 0) is 37.2 Å². The molecule has 1 rings (SSSR count). The van der Waals surface area contributed by atoms with Crippen molar-refractivity contribution in [3.05, 3.63) is 29.8 Å². The first kappa shape index (κ1) is 13.0. The summed E-state index contributed by atoms with van der Waals surface area (Å²) >= 11 is 0. The first-order valence-corrected chi connectivity index (χ1v) is 5.22. The van der Waals surface area contributed by atoms with Crippen LogP contribution in [0.1, 0.15) is 16.8 Å². The van der Waals surface area contributed by atoms with E-state index in [-0.39, 0.29) is 11.6 Å². The van der Waals surface area contributed by atoms with Crippen LogP contribution in [0.3, 0.4) is 0 Å². The van der Waals surface area contributed by atoms with Crippen molar-refractivity contribution in [3.8, 4) is 0 Å². The molecule has 0 bridgehead atoms. The molecule has 6 heteroatoms. The van der Waals surface area contributed by atoms with Gasteiger partial charge in [-0.3, -0.25) is 0 Å². The van der Waals surface area contributed by atoms with Crippen LogP contribution in [-0.4, -0.2) is 30.2 Å². The molecule has 0 aliphatic heterocycles. The summed E-state index contributed by atoms with van der Waals surface area (Å²) in [7, 11) is 0. The standard InChI is InChI=1S/C11H15N3O3/c12-6-1-7-13-11(17)14-9-4-2-8(3-5-9)10(15)16/h2-5H,1,6-7,12H2,(H,15,16)(H2,13,14,17). The molecule has 5 N–H and O–H groups in total. The van der Waals surface area contributed by atoms with Gasteiger partial charge in [-0.1, -0.05) is 0 Å². The van der Waals surface area contributed by atoms with Crippen molar-refractivity contribution in [2.45, 2.75) is 6.42 Å². The fourth-order valence-corrected chi connectivity index (χ4v) is 1.18. The number of rotatable bonds is 5. The largest absolute Gasteiger partial charge is 0.478 e. The predicted octanol–water partition coefficient (Wildman–Crippen LogP) is 0.855. The maximum absolute atomic E-state index is 11.3. The van der Waals surface area contributed by atoms with Gasteiger partial charge in [0.15, 0.2) is 0 Å². The Bertz CT molecular complexity index is 389. The van der Waals surface area contributed by atoms with E-state index >= 15 is 0 Å². The molecule has 1 aromatic carbocycles. The molecular formula is C11H15N3O3. The Balaban J connectivity index is 2.46. The Morgan fingerprint density at radius 2 is 1.88 bits per heavy atom. The molecule has 0 heterocycles. The van der Waals surface area contributed by atoms with Crippen LogP contribution in [0.4, 0.5) is 10.5 Å². The molecule has 2 amide bonds. The van der Waals surface area contributed by atoms with Crippen molar-refractivity contribution < 1.29 is 14.7 Å². The van der Waals surface area contributed by atoms with Gasteiger partial charge in [0.05, 0.1) is 5.56 Å². The fourth-order valence-electron chi connectivity index (χ4n) is 1.18. The van der Waals surface area contributed by atoms with Gasteiger partial charge < -0.3 is 21.5 Å². The molecule has 0 aliphatic rings. The number of carboxylic acids is 1. The number of carbonyl (C=O) groups is 2. The van der Waals surface area contributed by atoms with Gasteiger partial charge in [-0.2, -0.15) is 0 Å². The van der Waals surface area contributed by atoms with Crippen molar-refractivity contribution in [1.29, 1.82) is 0 Å². The fraction of sp³-hybridized carbons (Fsp3) is 0.273. The van der Waals surface area contributed by atoms with Gasteiger partial charge in [-0.15, -0.1) is 0 Å². The third kappa shape index (κ3) is 4.52. The number of amides is 2. The molecule has 92 valence electrons. The summed E-state index contributed by atoms with van der Waals surface area (Å²) in [5, 5.41) is 13.9. The normalized spacial score (nSPS) is 9.71. The first-order valence-electron chi connectivity index (χ1n) is 5.22. The highest BCUT2D eigenvalue weighted by Crippen LogP contribution is 2.09. The lowest BCUT2D eigenvalue weighted by atomic mass is 10.2. The lowest BCUT2D eigenvalue weighted by molar-refractivity contribution is 0.0697. The molecule has 17 heavy (non-hydrogen) atoms. The molecule has 0 spiro atoms. The van der Waals surface area contributed by atoms with Crippen LogP contribution in [-0.2, 0) is 0 Å². The average Bonchev–Trinajstić information content (AvgIpc) is 2.30. The number of anilines is 1. The van der Waals surface area contributed by atoms with Crippen molar-refractivity contribution >= 4 is 17.7 Å². The van der Waals surface area contributed by atoms with Crippen LogP contribution in [0.15, 0.2) is 24.3 Å². The summed E-state index contributed by atoms with van der Waals surface area (Å²) in [6, 6.07) is 5.59. The SMILES string of the molecule is NCCCNC(=O)Nc1ccc(C(=O)O)cc1. The van der Waals surface area contributed by atoms with Crippen molar-refractivity contribution in [2.75, 3.05) is 18.4 Å². The average molecular weight is 237 g/mol. The lowest BCUT2D eigenvalue weighted by Gasteiger charge is -2.07. The molecular weight excluding hydrogens is 222 g/mol. The highest BCUT2D eigenvalue weighted by atomic mass is 16.4. The number of urea groups is 1. The van der Waals surface area contributed by atoms with E-state index in [1.807, 2.05) is 0 Å². The van der Waals surface area contributed by atoms with Crippen LogP contribution < -0.4 is 16.4 Å². The molecule has 0 saturated heterocycles. The summed E-state index contributed by atoms with van der Waals surface area (Å²) in [4.78, 5) is 21.9. The number of carboxylic acid groups (broad SMARTS) is 1. The van der Waals surface area contributed by atoms with E-state index in [9.17, 15) is 9.59 Å². The number of benzene rings is 1. The second-order valence-corrected chi connectivity index (χ2v) is 3.41. The van der Waals surface area contributed by atoms with Gasteiger partial charge >= 0.3 is 12.0 Å². The maximum atomic E-state index is 11.3. The van der Waals surface area contributed by atoms with Gasteiger partial charge in [0.25, 0.3) is 0 Å². The molecule has 0 radical (unpaired) electrons. The van der Waals surface area contributed by atoms with E-state index in [4.69, 9.17) is 10.8 Å². The Hall–Kier alpha value is -2.08. The van der Waals surface area contributed by atoms with Crippen molar-refractivity contribution in [1.82, 2.24) is 5.32 Å². The second-order valence-electron chi connectivity index (χ2n) is 3.41. The zero-order valence-corrected chi connectivity index (χ0v) is 9.27. The molecule has 0 fully saturated rings. The molecule has 0 saturated carbocycles. The number of nitrogens with two attached hydrogens (primary N) is 1. The van der Waals surface area contributed by atoms with E-state index in [0.717, 1.165) is 0 Å².